The lowest BCUT2D eigenvalue weighted by atomic mass is 10.1. The van der Waals surface area contributed by atoms with Crippen LogP contribution < -0.4 is 10.6 Å². The number of hydrogen-bond acceptors (Lipinski definition) is 3. The molecule has 0 saturated heterocycles. The molecule has 0 aliphatic heterocycles. The van der Waals surface area contributed by atoms with Crippen molar-refractivity contribution in [3.63, 3.8) is 0 Å². The van der Waals surface area contributed by atoms with Gasteiger partial charge in [0.1, 0.15) is 5.82 Å². The van der Waals surface area contributed by atoms with Gasteiger partial charge in [0.05, 0.1) is 18.3 Å². The summed E-state index contributed by atoms with van der Waals surface area (Å²) in [5.74, 6) is 0.154. The lowest BCUT2D eigenvalue weighted by molar-refractivity contribution is 0.176. The lowest BCUT2D eigenvalue weighted by Crippen LogP contribution is -2.39. The number of aliphatic imine (C=N–C) groups is 1. The summed E-state index contributed by atoms with van der Waals surface area (Å²) < 4.78 is 15.6. The first-order chi connectivity index (χ1) is 11.9. The van der Waals surface area contributed by atoms with Crippen LogP contribution >= 0.6 is 0 Å². The number of hydrogen-bond donors (Lipinski definition) is 3. The average Bonchev–Trinajstić information content (AvgIpc) is 2.83. The van der Waals surface area contributed by atoms with E-state index >= 15 is 0 Å². The molecular formula is C18H26FN5O. The Balaban J connectivity index is 2.04. The van der Waals surface area contributed by atoms with Gasteiger partial charge in [-0.2, -0.15) is 5.10 Å². The fourth-order valence-corrected chi connectivity index (χ4v) is 2.59. The quantitative estimate of drug-likeness (QED) is 0.552. The number of nitrogens with one attached hydrogen (secondary N) is 2. The summed E-state index contributed by atoms with van der Waals surface area (Å²) in [4.78, 5) is 4.54. The SMILES string of the molecule is CCNC(=NCc1c(C)nn(C)c1C)NCC(O)c1ccccc1F. The van der Waals surface area contributed by atoms with Crippen LogP contribution in [0.4, 0.5) is 4.39 Å². The standard InChI is InChI=1S/C18H26FN5O/c1-5-20-18(21-10-15-12(2)23-24(4)13(15)3)22-11-17(25)14-8-6-7-9-16(14)19/h6-9,17,25H,5,10-11H2,1-4H3,(H2,20,21,22). The minimum atomic E-state index is -0.952. The van der Waals surface area contributed by atoms with E-state index in [-0.39, 0.29) is 12.1 Å². The summed E-state index contributed by atoms with van der Waals surface area (Å²) >= 11 is 0. The van der Waals surface area contributed by atoms with Crippen molar-refractivity contribution >= 4 is 5.96 Å². The molecule has 1 atom stereocenters. The first-order valence-electron chi connectivity index (χ1n) is 8.37. The molecule has 7 heteroatoms. The number of aryl methyl sites for hydroxylation is 2. The Bertz CT molecular complexity index is 741. The third-order valence-corrected chi connectivity index (χ3v) is 4.13. The van der Waals surface area contributed by atoms with Gasteiger partial charge in [-0.1, -0.05) is 18.2 Å². The van der Waals surface area contributed by atoms with E-state index in [9.17, 15) is 9.50 Å². The number of halogens is 1. The van der Waals surface area contributed by atoms with E-state index in [0.717, 1.165) is 17.0 Å². The molecule has 0 radical (unpaired) electrons. The minimum Gasteiger partial charge on any atom is -0.386 e. The number of aliphatic hydroxyl groups excluding tert-OH is 1. The van der Waals surface area contributed by atoms with Crippen LogP contribution in [0.5, 0.6) is 0 Å². The van der Waals surface area contributed by atoms with Crippen LogP contribution in [-0.4, -0.2) is 33.9 Å². The second-order valence-electron chi connectivity index (χ2n) is 5.89. The molecule has 0 spiro atoms. The fourth-order valence-electron chi connectivity index (χ4n) is 2.59. The van der Waals surface area contributed by atoms with Crippen molar-refractivity contribution in [1.82, 2.24) is 20.4 Å². The third-order valence-electron chi connectivity index (χ3n) is 4.13. The molecule has 0 fully saturated rings. The van der Waals surface area contributed by atoms with Gasteiger partial charge in [-0.05, 0) is 26.8 Å². The van der Waals surface area contributed by atoms with E-state index in [4.69, 9.17) is 0 Å². The molecule has 25 heavy (non-hydrogen) atoms. The van der Waals surface area contributed by atoms with Crippen molar-refractivity contribution in [1.29, 1.82) is 0 Å². The van der Waals surface area contributed by atoms with Gasteiger partial charge in [-0.25, -0.2) is 9.38 Å². The second-order valence-corrected chi connectivity index (χ2v) is 5.89. The van der Waals surface area contributed by atoms with E-state index in [2.05, 4.69) is 20.7 Å². The fraction of sp³-hybridized carbons (Fsp3) is 0.444. The van der Waals surface area contributed by atoms with Gasteiger partial charge in [-0.3, -0.25) is 4.68 Å². The minimum absolute atomic E-state index is 0.164. The Morgan fingerprint density at radius 3 is 2.64 bits per heavy atom. The molecule has 0 bridgehead atoms. The van der Waals surface area contributed by atoms with E-state index in [0.29, 0.717) is 19.0 Å². The highest BCUT2D eigenvalue weighted by Crippen LogP contribution is 2.16. The maximum absolute atomic E-state index is 13.7. The summed E-state index contributed by atoms with van der Waals surface area (Å²) in [6.07, 6.45) is -0.952. The van der Waals surface area contributed by atoms with Crippen molar-refractivity contribution in [3.05, 3.63) is 52.6 Å². The van der Waals surface area contributed by atoms with Crippen molar-refractivity contribution in [2.24, 2.45) is 12.0 Å². The Labute approximate surface area is 147 Å². The zero-order chi connectivity index (χ0) is 18.4. The topological polar surface area (TPSA) is 74.5 Å². The number of aromatic nitrogens is 2. The smallest absolute Gasteiger partial charge is 0.191 e. The van der Waals surface area contributed by atoms with Crippen molar-refractivity contribution < 1.29 is 9.50 Å². The molecule has 1 heterocycles. The Morgan fingerprint density at radius 1 is 1.32 bits per heavy atom. The predicted octanol–water partition coefficient (Wildman–Crippen LogP) is 1.96. The highest BCUT2D eigenvalue weighted by atomic mass is 19.1. The second kappa shape index (κ2) is 8.62. The van der Waals surface area contributed by atoms with E-state index < -0.39 is 11.9 Å². The van der Waals surface area contributed by atoms with Gasteiger partial charge < -0.3 is 15.7 Å². The number of nitrogens with zero attached hydrogens (tertiary/aromatic N) is 3. The molecule has 2 rings (SSSR count). The van der Waals surface area contributed by atoms with Crippen LogP contribution in [-0.2, 0) is 13.6 Å². The van der Waals surface area contributed by atoms with Crippen LogP contribution in [0.1, 0.15) is 35.5 Å². The van der Waals surface area contributed by atoms with Gasteiger partial charge in [-0.15, -0.1) is 0 Å². The highest BCUT2D eigenvalue weighted by Gasteiger charge is 2.13. The maximum Gasteiger partial charge on any atom is 0.191 e. The highest BCUT2D eigenvalue weighted by molar-refractivity contribution is 5.79. The van der Waals surface area contributed by atoms with Crippen LogP contribution in [0.2, 0.25) is 0 Å². The van der Waals surface area contributed by atoms with Gasteiger partial charge in [0, 0.05) is 37.0 Å². The van der Waals surface area contributed by atoms with Crippen LogP contribution in [0.15, 0.2) is 29.3 Å². The maximum atomic E-state index is 13.7. The van der Waals surface area contributed by atoms with Crippen molar-refractivity contribution in [2.45, 2.75) is 33.4 Å². The van der Waals surface area contributed by atoms with Gasteiger partial charge >= 0.3 is 0 Å². The van der Waals surface area contributed by atoms with Gasteiger partial charge in [0.2, 0.25) is 0 Å². The number of rotatable bonds is 6. The molecule has 0 aliphatic carbocycles. The molecular weight excluding hydrogens is 321 g/mol. The lowest BCUT2D eigenvalue weighted by Gasteiger charge is -2.16. The molecule has 2 aromatic rings. The summed E-state index contributed by atoms with van der Waals surface area (Å²) in [6, 6.07) is 6.22. The molecule has 0 aliphatic rings. The van der Waals surface area contributed by atoms with Crippen LogP contribution in [0.25, 0.3) is 0 Å². The van der Waals surface area contributed by atoms with E-state index in [1.807, 2.05) is 32.5 Å². The van der Waals surface area contributed by atoms with E-state index in [1.165, 1.54) is 6.07 Å². The monoisotopic (exact) mass is 347 g/mol. The molecule has 6 nitrogen and oxygen atoms in total. The molecule has 136 valence electrons. The molecule has 1 unspecified atom stereocenters. The normalized spacial score (nSPS) is 13.0. The van der Waals surface area contributed by atoms with Crippen LogP contribution in [0, 0.1) is 19.7 Å². The Kier molecular flexibility index (Phi) is 6.52. The Hall–Kier alpha value is -2.41. The first-order valence-corrected chi connectivity index (χ1v) is 8.37. The number of aliphatic hydroxyl groups is 1. The van der Waals surface area contributed by atoms with E-state index in [1.54, 1.807) is 18.2 Å². The van der Waals surface area contributed by atoms with Crippen LogP contribution in [0.3, 0.4) is 0 Å². The molecule has 0 amide bonds. The molecule has 3 N–H and O–H groups in total. The summed E-state index contributed by atoms with van der Waals surface area (Å²) in [5.41, 5.74) is 3.37. The summed E-state index contributed by atoms with van der Waals surface area (Å²) in [7, 11) is 1.91. The zero-order valence-electron chi connectivity index (χ0n) is 15.2. The van der Waals surface area contributed by atoms with Gasteiger partial charge in [0.15, 0.2) is 5.96 Å². The third kappa shape index (κ3) is 4.79. The largest absolute Gasteiger partial charge is 0.386 e. The number of benzene rings is 1. The molecule has 1 aromatic heterocycles. The summed E-state index contributed by atoms with van der Waals surface area (Å²) in [5, 5.41) is 20.8. The van der Waals surface area contributed by atoms with Crippen molar-refractivity contribution in [3.8, 4) is 0 Å². The average molecular weight is 347 g/mol. The predicted molar refractivity (Wildman–Crippen MR) is 96.9 cm³/mol. The number of guanidine groups is 1. The molecule has 0 saturated carbocycles. The van der Waals surface area contributed by atoms with Gasteiger partial charge in [0.25, 0.3) is 0 Å². The molecule has 1 aromatic carbocycles. The zero-order valence-corrected chi connectivity index (χ0v) is 15.2. The summed E-state index contributed by atoms with van der Waals surface area (Å²) in [6.45, 7) is 7.26. The van der Waals surface area contributed by atoms with Crippen molar-refractivity contribution in [2.75, 3.05) is 13.1 Å². The first kappa shape index (κ1) is 18.9. The Morgan fingerprint density at radius 2 is 2.04 bits per heavy atom.